The number of benzene rings is 2. The molecule has 1 aliphatic heterocycles. The third-order valence-electron chi connectivity index (χ3n) is 5.32. The molecule has 0 fully saturated rings. The highest BCUT2D eigenvalue weighted by Gasteiger charge is 2.22. The second-order valence-electron chi connectivity index (χ2n) is 7.61. The first-order valence-corrected chi connectivity index (χ1v) is 12.3. The molecule has 1 aliphatic rings. The lowest BCUT2D eigenvalue weighted by atomic mass is 10.0. The number of fused-ring (bicyclic) bond motifs is 1. The van der Waals surface area contributed by atoms with Crippen LogP contribution < -0.4 is 10.1 Å². The van der Waals surface area contributed by atoms with Crippen LogP contribution in [0.5, 0.6) is 5.75 Å². The maximum atomic E-state index is 12.8. The number of para-hydroxylation sites is 1. The van der Waals surface area contributed by atoms with Crippen LogP contribution in [0.15, 0.2) is 83.8 Å². The number of amides is 1. The molecule has 34 heavy (non-hydrogen) atoms. The molecule has 1 atom stereocenters. The van der Waals surface area contributed by atoms with Crippen molar-refractivity contribution in [2.45, 2.75) is 13.0 Å². The normalized spacial score (nSPS) is 15.0. The van der Waals surface area contributed by atoms with Gasteiger partial charge in [-0.3, -0.25) is 4.79 Å². The number of nitrogens with zero attached hydrogens (tertiary/aromatic N) is 2. The number of thiazole rings is 1. The second kappa shape index (κ2) is 9.48. The molecule has 5 nitrogen and oxygen atoms in total. The Kier molecular flexibility index (Phi) is 6.09. The Morgan fingerprint density at radius 1 is 1.12 bits per heavy atom. The van der Waals surface area contributed by atoms with Crippen molar-refractivity contribution in [3.8, 4) is 22.4 Å². The van der Waals surface area contributed by atoms with Crippen molar-refractivity contribution < 1.29 is 9.53 Å². The topological polar surface area (TPSA) is 75.0 Å². The van der Waals surface area contributed by atoms with Gasteiger partial charge in [-0.05, 0) is 54.3 Å². The van der Waals surface area contributed by atoms with Gasteiger partial charge in [0.05, 0.1) is 10.5 Å². The summed E-state index contributed by atoms with van der Waals surface area (Å²) in [5, 5.41) is 16.1. The summed E-state index contributed by atoms with van der Waals surface area (Å²) >= 11 is 2.83. The predicted octanol–water partition coefficient (Wildman–Crippen LogP) is 6.90. The molecule has 166 valence electrons. The van der Waals surface area contributed by atoms with Crippen molar-refractivity contribution in [1.29, 1.82) is 5.26 Å². The summed E-state index contributed by atoms with van der Waals surface area (Å²) in [5.41, 5.74) is 3.50. The number of allylic oxidation sites excluding steroid dienone is 1. The Morgan fingerprint density at radius 2 is 1.91 bits per heavy atom. The van der Waals surface area contributed by atoms with Crippen molar-refractivity contribution in [3.05, 3.63) is 99.9 Å². The Labute approximate surface area is 205 Å². The number of nitrogens with one attached hydrogen (secondary N) is 1. The summed E-state index contributed by atoms with van der Waals surface area (Å²) < 4.78 is 6.02. The van der Waals surface area contributed by atoms with Crippen LogP contribution in [-0.2, 0) is 0 Å². The summed E-state index contributed by atoms with van der Waals surface area (Å²) in [5.74, 6) is 0.607. The SMILES string of the molecule is CC1Oc2ccccc2C=C1C=C(C#N)c1nc(-c2cccs2)c(NC(=O)c2ccccc2)s1. The van der Waals surface area contributed by atoms with Gasteiger partial charge < -0.3 is 10.1 Å². The molecule has 0 spiro atoms. The zero-order valence-corrected chi connectivity index (χ0v) is 19.8. The number of hydrogen-bond acceptors (Lipinski definition) is 6. The minimum atomic E-state index is -0.218. The molecule has 0 bridgehead atoms. The standard InChI is InChI=1S/C27H19N3O2S2/c1-17-20(14-19-10-5-6-11-22(19)32-17)15-21(16-28)26-29-24(23-12-7-13-33-23)27(34-26)30-25(31)18-8-3-2-4-9-18/h2-15,17H,1H3,(H,30,31). The first kappa shape index (κ1) is 21.8. The highest BCUT2D eigenvalue weighted by atomic mass is 32.1. The second-order valence-corrected chi connectivity index (χ2v) is 9.55. The Morgan fingerprint density at radius 3 is 2.68 bits per heavy atom. The maximum absolute atomic E-state index is 12.8. The number of anilines is 1. The fourth-order valence-electron chi connectivity index (χ4n) is 3.60. The number of nitriles is 1. The van der Waals surface area contributed by atoms with Crippen molar-refractivity contribution in [3.63, 3.8) is 0 Å². The molecular formula is C27H19N3O2S2. The summed E-state index contributed by atoms with van der Waals surface area (Å²) in [6.45, 7) is 1.96. The van der Waals surface area contributed by atoms with Gasteiger partial charge in [0.15, 0.2) is 0 Å². The molecule has 0 saturated carbocycles. The molecule has 4 aromatic rings. The molecule has 1 unspecified atom stereocenters. The molecule has 1 N–H and O–H groups in total. The van der Waals surface area contributed by atoms with Crippen LogP contribution >= 0.6 is 22.7 Å². The van der Waals surface area contributed by atoms with E-state index in [2.05, 4.69) is 11.4 Å². The van der Waals surface area contributed by atoms with E-state index in [4.69, 9.17) is 9.72 Å². The smallest absolute Gasteiger partial charge is 0.256 e. The molecular weight excluding hydrogens is 462 g/mol. The van der Waals surface area contributed by atoms with Crippen LogP contribution in [-0.4, -0.2) is 17.0 Å². The maximum Gasteiger partial charge on any atom is 0.256 e. The summed E-state index contributed by atoms with van der Waals surface area (Å²) in [6, 6.07) is 23.0. The van der Waals surface area contributed by atoms with Crippen LogP contribution in [0.1, 0.15) is 27.9 Å². The fourth-order valence-corrected chi connectivity index (χ4v) is 5.32. The van der Waals surface area contributed by atoms with Crippen LogP contribution in [0.2, 0.25) is 0 Å². The molecule has 3 heterocycles. The van der Waals surface area contributed by atoms with Gasteiger partial charge in [0.1, 0.15) is 33.6 Å². The van der Waals surface area contributed by atoms with Crippen LogP contribution in [0, 0.1) is 11.3 Å². The van der Waals surface area contributed by atoms with Crippen molar-refractivity contribution in [2.24, 2.45) is 0 Å². The van der Waals surface area contributed by atoms with Gasteiger partial charge in [-0.1, -0.05) is 53.8 Å². The molecule has 0 saturated heterocycles. The van der Waals surface area contributed by atoms with Gasteiger partial charge in [0.25, 0.3) is 5.91 Å². The fraction of sp³-hybridized carbons (Fsp3) is 0.0741. The van der Waals surface area contributed by atoms with E-state index in [1.165, 1.54) is 22.7 Å². The number of aromatic nitrogens is 1. The highest BCUT2D eigenvalue weighted by Crippen LogP contribution is 2.39. The van der Waals surface area contributed by atoms with E-state index in [-0.39, 0.29) is 12.0 Å². The van der Waals surface area contributed by atoms with Crippen LogP contribution in [0.25, 0.3) is 22.2 Å². The van der Waals surface area contributed by atoms with Crippen molar-refractivity contribution in [2.75, 3.05) is 5.32 Å². The third-order valence-corrected chi connectivity index (χ3v) is 7.20. The zero-order valence-electron chi connectivity index (χ0n) is 18.2. The number of hydrogen-bond donors (Lipinski definition) is 1. The van der Waals surface area contributed by atoms with Gasteiger partial charge in [-0.25, -0.2) is 4.98 Å². The van der Waals surface area contributed by atoms with E-state index in [9.17, 15) is 10.1 Å². The first-order chi connectivity index (χ1) is 16.6. The Hall–Kier alpha value is -3.99. The predicted molar refractivity (Wildman–Crippen MR) is 138 cm³/mol. The average Bonchev–Trinajstić information content (AvgIpc) is 3.53. The minimum absolute atomic E-state index is 0.202. The number of rotatable bonds is 5. The van der Waals surface area contributed by atoms with E-state index in [1.54, 1.807) is 12.1 Å². The molecule has 7 heteroatoms. The zero-order chi connectivity index (χ0) is 23.5. The number of carbonyl (C=O) groups is 1. The van der Waals surface area contributed by atoms with E-state index >= 15 is 0 Å². The van der Waals surface area contributed by atoms with Crippen LogP contribution in [0.3, 0.4) is 0 Å². The molecule has 2 aromatic carbocycles. The average molecular weight is 482 g/mol. The Balaban J connectivity index is 1.53. The molecule has 0 radical (unpaired) electrons. The van der Waals surface area contributed by atoms with Crippen molar-refractivity contribution >= 4 is 45.2 Å². The lowest BCUT2D eigenvalue weighted by molar-refractivity contribution is 0.102. The van der Waals surface area contributed by atoms with E-state index in [0.29, 0.717) is 26.8 Å². The molecule has 0 aliphatic carbocycles. The molecule has 1 amide bonds. The minimum Gasteiger partial charge on any atom is -0.485 e. The number of thiophene rings is 1. The van der Waals surface area contributed by atoms with E-state index in [0.717, 1.165) is 21.8 Å². The molecule has 2 aromatic heterocycles. The summed E-state index contributed by atoms with van der Waals surface area (Å²) in [6.07, 6.45) is 3.65. The lowest BCUT2D eigenvalue weighted by Gasteiger charge is -2.22. The van der Waals surface area contributed by atoms with Crippen LogP contribution in [0.4, 0.5) is 5.00 Å². The van der Waals surface area contributed by atoms with Gasteiger partial charge in [-0.15, -0.1) is 11.3 Å². The van der Waals surface area contributed by atoms with E-state index < -0.39 is 0 Å². The van der Waals surface area contributed by atoms with Gasteiger partial charge in [0, 0.05) is 11.1 Å². The molecule has 5 rings (SSSR count). The van der Waals surface area contributed by atoms with Gasteiger partial charge in [0.2, 0.25) is 0 Å². The summed E-state index contributed by atoms with van der Waals surface area (Å²) in [4.78, 5) is 18.5. The van der Waals surface area contributed by atoms with E-state index in [1.807, 2.05) is 79.1 Å². The quantitative estimate of drug-likeness (QED) is 0.315. The van der Waals surface area contributed by atoms with Gasteiger partial charge >= 0.3 is 0 Å². The summed E-state index contributed by atoms with van der Waals surface area (Å²) in [7, 11) is 0. The number of carbonyl (C=O) groups excluding carboxylic acids is 1. The van der Waals surface area contributed by atoms with Gasteiger partial charge in [-0.2, -0.15) is 5.26 Å². The highest BCUT2D eigenvalue weighted by molar-refractivity contribution is 7.18. The monoisotopic (exact) mass is 481 g/mol. The third kappa shape index (κ3) is 4.42. The Bertz CT molecular complexity index is 1440. The first-order valence-electron chi connectivity index (χ1n) is 10.6. The van der Waals surface area contributed by atoms with Crippen molar-refractivity contribution in [1.82, 2.24) is 4.98 Å². The lowest BCUT2D eigenvalue weighted by Crippen LogP contribution is -2.17. The number of ether oxygens (including phenoxy) is 1. The largest absolute Gasteiger partial charge is 0.485 e.